The van der Waals surface area contributed by atoms with Crippen molar-refractivity contribution in [2.24, 2.45) is 0 Å². The number of pyridine rings is 1. The summed E-state index contributed by atoms with van der Waals surface area (Å²) in [6.45, 7) is 1.96. The predicted molar refractivity (Wildman–Crippen MR) is 104 cm³/mol. The summed E-state index contributed by atoms with van der Waals surface area (Å²) < 4.78 is 1.03. The fourth-order valence-electron chi connectivity index (χ4n) is 2.46. The number of carbonyl (C=O) groups is 1. The second-order valence-electron chi connectivity index (χ2n) is 5.73. The number of benzene rings is 1. The minimum atomic E-state index is -0.106. The van der Waals surface area contributed by atoms with Gasteiger partial charge in [-0.15, -0.1) is 11.3 Å². The molecule has 0 radical (unpaired) electrons. The molecule has 1 amide bonds. The van der Waals surface area contributed by atoms with Crippen molar-refractivity contribution in [2.75, 3.05) is 0 Å². The number of carbonyl (C=O) groups excluding carboxylic acids is 1. The minimum absolute atomic E-state index is 0.0330. The molecule has 128 valence electrons. The zero-order valence-corrected chi connectivity index (χ0v) is 16.2. The molecule has 2 heterocycles. The van der Waals surface area contributed by atoms with Crippen LogP contribution in [0.5, 0.6) is 0 Å². The number of hydrogen-bond donors (Lipinski definition) is 1. The molecule has 1 atom stereocenters. The van der Waals surface area contributed by atoms with E-state index < -0.39 is 0 Å². The molecule has 1 aromatic carbocycles. The number of nitrogens with zero attached hydrogens (tertiary/aromatic N) is 2. The van der Waals surface area contributed by atoms with Gasteiger partial charge in [0.1, 0.15) is 5.01 Å². The summed E-state index contributed by atoms with van der Waals surface area (Å²) in [5.41, 5.74) is 3.02. The van der Waals surface area contributed by atoms with Crippen molar-refractivity contribution in [3.8, 4) is 11.3 Å². The van der Waals surface area contributed by atoms with Crippen molar-refractivity contribution >= 4 is 33.2 Å². The first-order valence-corrected chi connectivity index (χ1v) is 9.69. The van der Waals surface area contributed by atoms with E-state index in [0.29, 0.717) is 6.42 Å². The van der Waals surface area contributed by atoms with E-state index in [9.17, 15) is 4.79 Å². The van der Waals surface area contributed by atoms with E-state index in [1.165, 1.54) is 0 Å². The third-order valence-corrected chi connectivity index (χ3v) is 5.28. The van der Waals surface area contributed by atoms with Gasteiger partial charge in [0.15, 0.2) is 0 Å². The first-order valence-electron chi connectivity index (χ1n) is 8.01. The topological polar surface area (TPSA) is 54.9 Å². The van der Waals surface area contributed by atoms with Crippen LogP contribution in [0.3, 0.4) is 0 Å². The van der Waals surface area contributed by atoms with Crippen LogP contribution >= 0.6 is 27.3 Å². The molecule has 2 aromatic heterocycles. The van der Waals surface area contributed by atoms with E-state index in [-0.39, 0.29) is 11.9 Å². The van der Waals surface area contributed by atoms with Crippen LogP contribution in [0.25, 0.3) is 11.3 Å². The zero-order chi connectivity index (χ0) is 17.6. The van der Waals surface area contributed by atoms with Crippen LogP contribution in [0.4, 0.5) is 0 Å². The Bertz CT molecular complexity index is 851. The Morgan fingerprint density at radius 3 is 2.96 bits per heavy atom. The molecule has 0 saturated carbocycles. The average Bonchev–Trinajstić information content (AvgIpc) is 3.11. The highest BCUT2D eigenvalue weighted by Gasteiger charge is 2.14. The lowest BCUT2D eigenvalue weighted by Gasteiger charge is -2.11. The zero-order valence-electron chi connectivity index (χ0n) is 13.8. The summed E-state index contributed by atoms with van der Waals surface area (Å²) in [6.07, 6.45) is 4.71. The van der Waals surface area contributed by atoms with Gasteiger partial charge in [-0.25, -0.2) is 4.98 Å². The molecule has 0 aliphatic rings. The van der Waals surface area contributed by atoms with Gasteiger partial charge in [-0.1, -0.05) is 28.1 Å². The van der Waals surface area contributed by atoms with Crippen molar-refractivity contribution in [2.45, 2.75) is 25.8 Å². The molecule has 3 aromatic rings. The molecule has 25 heavy (non-hydrogen) atoms. The number of hydrogen-bond acceptors (Lipinski definition) is 4. The molecule has 0 aliphatic heterocycles. The second kappa shape index (κ2) is 8.36. The summed E-state index contributed by atoms with van der Waals surface area (Å²) in [5, 5.41) is 5.92. The number of aromatic nitrogens is 2. The second-order valence-corrected chi connectivity index (χ2v) is 7.54. The summed E-state index contributed by atoms with van der Waals surface area (Å²) in [5.74, 6) is 0.0330. The van der Waals surface area contributed by atoms with Gasteiger partial charge < -0.3 is 5.32 Å². The quantitative estimate of drug-likeness (QED) is 0.630. The van der Waals surface area contributed by atoms with Crippen molar-refractivity contribution in [3.63, 3.8) is 0 Å². The van der Waals surface area contributed by atoms with Crippen LogP contribution in [-0.4, -0.2) is 15.9 Å². The number of aryl methyl sites for hydroxylation is 1. The molecule has 4 nitrogen and oxygen atoms in total. The lowest BCUT2D eigenvalue weighted by molar-refractivity contribution is -0.121. The van der Waals surface area contributed by atoms with Crippen LogP contribution in [-0.2, 0) is 11.2 Å². The normalized spacial score (nSPS) is 11.9. The maximum absolute atomic E-state index is 12.2. The molecule has 1 unspecified atom stereocenters. The molecular formula is C19H18BrN3OS. The highest BCUT2D eigenvalue weighted by Crippen LogP contribution is 2.24. The minimum Gasteiger partial charge on any atom is -0.347 e. The standard InChI is InChI=1S/C19H18BrN3OS/c1-13(19-23-17(12-25-19)15-5-3-9-21-11-15)22-18(24)8-7-14-4-2-6-16(20)10-14/h2-6,9-13H,7-8H2,1H3,(H,22,24). The van der Waals surface area contributed by atoms with Crippen LogP contribution in [0, 0.1) is 0 Å². The van der Waals surface area contributed by atoms with Crippen LogP contribution in [0.2, 0.25) is 0 Å². The predicted octanol–water partition coefficient (Wildman–Crippen LogP) is 4.78. The molecule has 0 saturated heterocycles. The van der Waals surface area contributed by atoms with Gasteiger partial charge in [-0.2, -0.15) is 0 Å². The van der Waals surface area contributed by atoms with E-state index in [4.69, 9.17) is 0 Å². The SMILES string of the molecule is CC(NC(=O)CCc1cccc(Br)c1)c1nc(-c2cccnc2)cs1. The highest BCUT2D eigenvalue weighted by molar-refractivity contribution is 9.10. The van der Waals surface area contributed by atoms with E-state index in [0.717, 1.165) is 32.7 Å². The van der Waals surface area contributed by atoms with Gasteiger partial charge in [0, 0.05) is 34.2 Å². The number of thiazole rings is 1. The Morgan fingerprint density at radius 2 is 2.20 bits per heavy atom. The molecule has 0 bridgehead atoms. The van der Waals surface area contributed by atoms with Crippen molar-refractivity contribution < 1.29 is 4.79 Å². The van der Waals surface area contributed by atoms with Gasteiger partial charge in [0.05, 0.1) is 11.7 Å². The first-order chi connectivity index (χ1) is 12.1. The van der Waals surface area contributed by atoms with Crippen molar-refractivity contribution in [3.05, 3.63) is 69.2 Å². The monoisotopic (exact) mass is 415 g/mol. The average molecular weight is 416 g/mol. The lowest BCUT2D eigenvalue weighted by Crippen LogP contribution is -2.26. The molecule has 1 N–H and O–H groups in total. The molecule has 6 heteroatoms. The van der Waals surface area contributed by atoms with Crippen LogP contribution < -0.4 is 5.32 Å². The summed E-state index contributed by atoms with van der Waals surface area (Å²) in [6, 6.07) is 11.8. The lowest BCUT2D eigenvalue weighted by atomic mass is 10.1. The largest absolute Gasteiger partial charge is 0.347 e. The van der Waals surface area contributed by atoms with Gasteiger partial charge in [-0.05, 0) is 43.2 Å². The van der Waals surface area contributed by atoms with Gasteiger partial charge in [0.2, 0.25) is 5.91 Å². The Hall–Kier alpha value is -2.05. The van der Waals surface area contributed by atoms with Gasteiger partial charge >= 0.3 is 0 Å². The maximum atomic E-state index is 12.2. The number of amides is 1. The fourth-order valence-corrected chi connectivity index (χ4v) is 3.74. The van der Waals surface area contributed by atoms with E-state index in [2.05, 4.69) is 31.2 Å². The third kappa shape index (κ3) is 4.96. The Morgan fingerprint density at radius 1 is 1.32 bits per heavy atom. The Kier molecular flexibility index (Phi) is 5.94. The fraction of sp³-hybridized carbons (Fsp3) is 0.211. The summed E-state index contributed by atoms with van der Waals surface area (Å²) >= 11 is 5.00. The maximum Gasteiger partial charge on any atom is 0.220 e. The number of nitrogens with one attached hydrogen (secondary N) is 1. The summed E-state index contributed by atoms with van der Waals surface area (Å²) in [7, 11) is 0. The number of halogens is 1. The first kappa shape index (κ1) is 17.8. The Balaban J connectivity index is 1.56. The van der Waals surface area contributed by atoms with E-state index in [1.807, 2.05) is 48.7 Å². The van der Waals surface area contributed by atoms with Crippen LogP contribution in [0.1, 0.15) is 30.0 Å². The van der Waals surface area contributed by atoms with Crippen molar-refractivity contribution in [1.82, 2.24) is 15.3 Å². The van der Waals surface area contributed by atoms with E-state index in [1.54, 1.807) is 23.7 Å². The molecule has 0 fully saturated rings. The molecule has 0 aliphatic carbocycles. The molecule has 3 rings (SSSR count). The van der Waals surface area contributed by atoms with Crippen molar-refractivity contribution in [1.29, 1.82) is 0 Å². The van der Waals surface area contributed by atoms with Gasteiger partial charge in [-0.3, -0.25) is 9.78 Å². The smallest absolute Gasteiger partial charge is 0.220 e. The van der Waals surface area contributed by atoms with Gasteiger partial charge in [0.25, 0.3) is 0 Å². The number of rotatable bonds is 6. The third-order valence-electron chi connectivity index (χ3n) is 3.76. The highest BCUT2D eigenvalue weighted by atomic mass is 79.9. The van der Waals surface area contributed by atoms with Crippen LogP contribution in [0.15, 0.2) is 58.6 Å². The molecular weight excluding hydrogens is 398 g/mol. The molecule has 0 spiro atoms. The van der Waals surface area contributed by atoms with E-state index >= 15 is 0 Å². The Labute approximate surface area is 159 Å². The summed E-state index contributed by atoms with van der Waals surface area (Å²) in [4.78, 5) is 20.9.